The number of unbranched alkanes of at least 4 members (excludes halogenated alkanes) is 4. The molecule has 0 radical (unpaired) electrons. The third kappa shape index (κ3) is 9.38. The average Bonchev–Trinajstić information content (AvgIpc) is 2.93. The molecular formula is C34H48FN. The van der Waals surface area contributed by atoms with E-state index in [2.05, 4.69) is 37.8 Å². The van der Waals surface area contributed by atoms with E-state index in [1.54, 1.807) is 17.2 Å². The lowest BCUT2D eigenvalue weighted by Gasteiger charge is -2.36. The highest BCUT2D eigenvalue weighted by atomic mass is 19.1. The number of nitrogens with zero attached hydrogens (tertiary/aromatic N) is 1. The van der Waals surface area contributed by atoms with Gasteiger partial charge in [0.1, 0.15) is 6.07 Å². The second kappa shape index (κ2) is 15.9. The second-order valence-electron chi connectivity index (χ2n) is 11.4. The number of allylic oxidation sites excluding steroid dienone is 5. The maximum absolute atomic E-state index is 12.8. The first-order valence-corrected chi connectivity index (χ1v) is 14.8. The standard InChI is InChI=1S/C34H48FN/c1-3-4-5-6-8-11-29-16-20-32(21-17-29)33-24-22-31(23-25-33)27(2)30-18-14-28(15-19-30)12-9-7-10-13-34(35)26-36/h7,10,13,16-17,20-21,28,30-31,33H,2-6,8-9,11-12,14-15,18-19,22-25H2,1H3. The molecule has 196 valence electrons. The largest absolute Gasteiger partial charge is 0.199 e. The molecule has 0 spiro atoms. The van der Waals surface area contributed by atoms with Crippen LogP contribution in [0.3, 0.4) is 0 Å². The Labute approximate surface area is 220 Å². The lowest BCUT2D eigenvalue weighted by Crippen LogP contribution is -2.22. The van der Waals surface area contributed by atoms with Gasteiger partial charge in [-0.3, -0.25) is 0 Å². The van der Waals surface area contributed by atoms with Gasteiger partial charge in [0.15, 0.2) is 5.83 Å². The highest BCUT2D eigenvalue weighted by Gasteiger charge is 2.29. The summed E-state index contributed by atoms with van der Waals surface area (Å²) >= 11 is 0. The molecule has 1 nitrogen and oxygen atoms in total. The fourth-order valence-corrected chi connectivity index (χ4v) is 6.46. The minimum Gasteiger partial charge on any atom is -0.195 e. The summed E-state index contributed by atoms with van der Waals surface area (Å²) in [6.45, 7) is 6.89. The molecule has 0 heterocycles. The van der Waals surface area contributed by atoms with Crippen LogP contribution in [0.25, 0.3) is 0 Å². The minimum atomic E-state index is -0.722. The second-order valence-corrected chi connectivity index (χ2v) is 11.4. The molecule has 2 aliphatic rings. The van der Waals surface area contributed by atoms with Crippen molar-refractivity contribution in [3.63, 3.8) is 0 Å². The lowest BCUT2D eigenvalue weighted by molar-refractivity contribution is 0.260. The van der Waals surface area contributed by atoms with Crippen LogP contribution in [0.2, 0.25) is 0 Å². The van der Waals surface area contributed by atoms with Gasteiger partial charge in [0.25, 0.3) is 0 Å². The van der Waals surface area contributed by atoms with Gasteiger partial charge in [0, 0.05) is 0 Å². The van der Waals surface area contributed by atoms with Gasteiger partial charge in [-0.05, 0) is 118 Å². The summed E-state index contributed by atoms with van der Waals surface area (Å²) in [5.74, 6) is 2.21. The number of rotatable bonds is 13. The van der Waals surface area contributed by atoms with Gasteiger partial charge in [-0.1, -0.05) is 81.2 Å². The quantitative estimate of drug-likeness (QED) is 0.117. The molecule has 0 N–H and O–H groups in total. The topological polar surface area (TPSA) is 23.8 Å². The molecule has 0 bridgehead atoms. The molecule has 1 aromatic carbocycles. The van der Waals surface area contributed by atoms with Crippen LogP contribution in [0.4, 0.5) is 4.39 Å². The molecule has 0 unspecified atom stereocenters. The van der Waals surface area contributed by atoms with E-state index in [0.29, 0.717) is 5.92 Å². The number of aryl methyl sites for hydroxylation is 1. The van der Waals surface area contributed by atoms with E-state index in [1.807, 2.05) is 6.08 Å². The van der Waals surface area contributed by atoms with Crippen molar-refractivity contribution in [2.24, 2.45) is 17.8 Å². The van der Waals surface area contributed by atoms with Crippen molar-refractivity contribution in [1.82, 2.24) is 0 Å². The van der Waals surface area contributed by atoms with Crippen molar-refractivity contribution in [1.29, 1.82) is 5.26 Å². The molecule has 0 aromatic heterocycles. The molecule has 0 atom stereocenters. The number of hydrogen-bond acceptors (Lipinski definition) is 1. The van der Waals surface area contributed by atoms with Crippen molar-refractivity contribution in [3.8, 4) is 6.07 Å². The van der Waals surface area contributed by atoms with Crippen LogP contribution < -0.4 is 0 Å². The van der Waals surface area contributed by atoms with Crippen molar-refractivity contribution >= 4 is 0 Å². The smallest absolute Gasteiger partial charge is 0.195 e. The predicted octanol–water partition coefficient (Wildman–Crippen LogP) is 10.5. The fraction of sp³-hybridized carbons (Fsp3) is 0.618. The lowest BCUT2D eigenvalue weighted by atomic mass is 9.69. The van der Waals surface area contributed by atoms with Gasteiger partial charge in [0.05, 0.1) is 0 Å². The van der Waals surface area contributed by atoms with Gasteiger partial charge >= 0.3 is 0 Å². The van der Waals surface area contributed by atoms with Crippen LogP contribution in [0.15, 0.2) is 60.5 Å². The summed E-state index contributed by atoms with van der Waals surface area (Å²) in [6.07, 6.45) is 25.4. The summed E-state index contributed by atoms with van der Waals surface area (Å²) < 4.78 is 12.8. The predicted molar refractivity (Wildman–Crippen MR) is 151 cm³/mol. The van der Waals surface area contributed by atoms with Crippen molar-refractivity contribution in [3.05, 3.63) is 71.6 Å². The SMILES string of the molecule is C=C(C1CCC(CCC=CC=C(F)C#N)CC1)C1CCC(c2ccc(CCCCCCC)cc2)CC1. The van der Waals surface area contributed by atoms with Crippen LogP contribution in [0.1, 0.15) is 120 Å². The number of benzene rings is 1. The Morgan fingerprint density at radius 1 is 0.944 bits per heavy atom. The van der Waals surface area contributed by atoms with E-state index in [1.165, 1.54) is 114 Å². The highest BCUT2D eigenvalue weighted by molar-refractivity contribution is 5.26. The number of hydrogen-bond donors (Lipinski definition) is 0. The van der Waals surface area contributed by atoms with Crippen molar-refractivity contribution < 1.29 is 4.39 Å². The Kier molecular flexibility index (Phi) is 12.5. The number of nitriles is 1. The normalized spacial score (nSPS) is 25.1. The average molecular weight is 490 g/mol. The third-order valence-electron chi connectivity index (χ3n) is 8.87. The molecule has 2 saturated carbocycles. The summed E-state index contributed by atoms with van der Waals surface area (Å²) in [6, 6.07) is 11.1. The van der Waals surface area contributed by atoms with Gasteiger partial charge in [0.2, 0.25) is 0 Å². The summed E-state index contributed by atoms with van der Waals surface area (Å²) in [5.41, 5.74) is 4.60. The van der Waals surface area contributed by atoms with Crippen LogP contribution in [0, 0.1) is 29.1 Å². The van der Waals surface area contributed by atoms with Crippen molar-refractivity contribution in [2.75, 3.05) is 0 Å². The van der Waals surface area contributed by atoms with Crippen LogP contribution in [0.5, 0.6) is 0 Å². The summed E-state index contributed by atoms with van der Waals surface area (Å²) in [4.78, 5) is 0. The van der Waals surface area contributed by atoms with E-state index in [-0.39, 0.29) is 0 Å². The van der Waals surface area contributed by atoms with Gasteiger partial charge in [-0.15, -0.1) is 0 Å². The van der Waals surface area contributed by atoms with E-state index >= 15 is 0 Å². The Morgan fingerprint density at radius 3 is 2.22 bits per heavy atom. The Balaban J connectivity index is 1.34. The van der Waals surface area contributed by atoms with Gasteiger partial charge < -0.3 is 0 Å². The van der Waals surface area contributed by atoms with Crippen LogP contribution in [-0.2, 0) is 6.42 Å². The van der Waals surface area contributed by atoms with Crippen LogP contribution in [-0.4, -0.2) is 0 Å². The zero-order chi connectivity index (χ0) is 25.6. The Bertz CT molecular complexity index is 871. The van der Waals surface area contributed by atoms with E-state index in [0.717, 1.165) is 24.2 Å². The molecule has 0 saturated heterocycles. The van der Waals surface area contributed by atoms with Gasteiger partial charge in [-0.25, -0.2) is 0 Å². The molecule has 3 rings (SSSR count). The molecule has 2 heteroatoms. The molecule has 36 heavy (non-hydrogen) atoms. The van der Waals surface area contributed by atoms with Crippen LogP contribution >= 0.6 is 0 Å². The van der Waals surface area contributed by atoms with E-state index in [9.17, 15) is 4.39 Å². The number of halogens is 1. The Hall–Kier alpha value is -2.14. The van der Waals surface area contributed by atoms with Gasteiger partial charge in [-0.2, -0.15) is 9.65 Å². The summed E-state index contributed by atoms with van der Waals surface area (Å²) in [5, 5.41) is 8.44. The molecule has 2 fully saturated rings. The zero-order valence-corrected chi connectivity index (χ0v) is 22.7. The molecule has 1 aromatic rings. The summed E-state index contributed by atoms with van der Waals surface area (Å²) in [7, 11) is 0. The monoisotopic (exact) mass is 489 g/mol. The maximum atomic E-state index is 12.8. The molecular weight excluding hydrogens is 441 g/mol. The van der Waals surface area contributed by atoms with E-state index in [4.69, 9.17) is 5.26 Å². The Morgan fingerprint density at radius 2 is 1.58 bits per heavy atom. The molecule has 2 aliphatic carbocycles. The molecule has 0 amide bonds. The molecule has 0 aliphatic heterocycles. The third-order valence-corrected chi connectivity index (χ3v) is 8.87. The highest BCUT2D eigenvalue weighted by Crippen LogP contribution is 2.44. The maximum Gasteiger partial charge on any atom is 0.199 e. The fourth-order valence-electron chi connectivity index (χ4n) is 6.46. The first kappa shape index (κ1) is 28.4. The van der Waals surface area contributed by atoms with E-state index < -0.39 is 5.83 Å². The van der Waals surface area contributed by atoms with Crippen molar-refractivity contribution in [2.45, 2.75) is 116 Å². The zero-order valence-electron chi connectivity index (χ0n) is 22.7. The first-order valence-electron chi connectivity index (χ1n) is 14.8. The first-order chi connectivity index (χ1) is 17.6. The minimum absolute atomic E-state index is 0.711.